The van der Waals surface area contributed by atoms with Gasteiger partial charge in [-0.25, -0.2) is 5.32 Å². The highest BCUT2D eigenvalue weighted by Gasteiger charge is 2.18. The molecule has 0 saturated carbocycles. The minimum Gasteiger partial charge on any atom is -0.309 e. The van der Waals surface area contributed by atoms with Gasteiger partial charge in [0, 0.05) is 24.7 Å². The van der Waals surface area contributed by atoms with Gasteiger partial charge < -0.3 is 5.32 Å². The van der Waals surface area contributed by atoms with Crippen LogP contribution >= 0.6 is 0 Å². The average molecular weight is 155 g/mol. The second-order valence-electron chi connectivity index (χ2n) is 4.34. The molecule has 0 unspecified atom stereocenters. The molecule has 0 amide bonds. The highest BCUT2D eigenvalue weighted by Crippen LogP contribution is 2.08. The minimum atomic E-state index is 0.266. The van der Waals surface area contributed by atoms with E-state index in [0.717, 1.165) is 13.1 Å². The van der Waals surface area contributed by atoms with E-state index >= 15 is 0 Å². The van der Waals surface area contributed by atoms with Crippen molar-refractivity contribution in [2.75, 3.05) is 13.1 Å². The van der Waals surface area contributed by atoms with Gasteiger partial charge in [0.05, 0.1) is 0 Å². The third kappa shape index (κ3) is 3.73. The largest absolute Gasteiger partial charge is 0.309 e. The van der Waals surface area contributed by atoms with Crippen LogP contribution in [0, 0.1) is 0 Å². The SMILES string of the molecule is CC(C)(C)NC1CC[N]CC1. The number of hydrogen-bond donors (Lipinski definition) is 1. The summed E-state index contributed by atoms with van der Waals surface area (Å²) in [5, 5.41) is 7.92. The zero-order valence-electron chi connectivity index (χ0n) is 7.85. The van der Waals surface area contributed by atoms with Gasteiger partial charge in [-0.3, -0.25) is 0 Å². The van der Waals surface area contributed by atoms with Crippen LogP contribution in [0.4, 0.5) is 0 Å². The molecule has 0 aromatic heterocycles. The van der Waals surface area contributed by atoms with Crippen molar-refractivity contribution < 1.29 is 0 Å². The second kappa shape index (κ2) is 3.55. The molecular formula is C9H19N2. The van der Waals surface area contributed by atoms with Crippen molar-refractivity contribution in [2.45, 2.75) is 45.2 Å². The Morgan fingerprint density at radius 2 is 1.73 bits per heavy atom. The highest BCUT2D eigenvalue weighted by molar-refractivity contribution is 4.81. The Labute approximate surface area is 69.8 Å². The van der Waals surface area contributed by atoms with Gasteiger partial charge in [-0.15, -0.1) is 0 Å². The Balaban J connectivity index is 2.24. The monoisotopic (exact) mass is 155 g/mol. The molecule has 0 bridgehead atoms. The van der Waals surface area contributed by atoms with Crippen molar-refractivity contribution in [3.63, 3.8) is 0 Å². The smallest absolute Gasteiger partial charge is 0.0148 e. The molecule has 1 heterocycles. The number of rotatable bonds is 1. The third-order valence-corrected chi connectivity index (χ3v) is 1.91. The van der Waals surface area contributed by atoms with E-state index < -0.39 is 0 Å². The Bertz CT molecular complexity index is 109. The molecule has 0 aromatic carbocycles. The van der Waals surface area contributed by atoms with Gasteiger partial charge in [0.2, 0.25) is 0 Å². The van der Waals surface area contributed by atoms with Crippen LogP contribution in [-0.2, 0) is 0 Å². The van der Waals surface area contributed by atoms with Crippen molar-refractivity contribution >= 4 is 0 Å². The summed E-state index contributed by atoms with van der Waals surface area (Å²) in [7, 11) is 0. The Morgan fingerprint density at radius 1 is 1.18 bits per heavy atom. The van der Waals surface area contributed by atoms with E-state index in [-0.39, 0.29) is 5.54 Å². The standard InChI is InChI=1S/C9H19N2/c1-9(2,3)11-8-4-6-10-7-5-8/h8,11H,4-7H2,1-3H3. The minimum absolute atomic E-state index is 0.266. The van der Waals surface area contributed by atoms with Gasteiger partial charge in [-0.2, -0.15) is 0 Å². The maximum atomic E-state index is 4.32. The van der Waals surface area contributed by atoms with Crippen LogP contribution in [0.15, 0.2) is 0 Å². The summed E-state index contributed by atoms with van der Waals surface area (Å²) in [5.41, 5.74) is 0.266. The summed E-state index contributed by atoms with van der Waals surface area (Å²) in [5.74, 6) is 0. The topological polar surface area (TPSA) is 26.1 Å². The molecule has 1 saturated heterocycles. The van der Waals surface area contributed by atoms with Crippen molar-refractivity contribution in [3.8, 4) is 0 Å². The fourth-order valence-electron chi connectivity index (χ4n) is 1.51. The molecule has 0 spiro atoms. The fraction of sp³-hybridized carbons (Fsp3) is 1.00. The maximum absolute atomic E-state index is 4.32. The second-order valence-corrected chi connectivity index (χ2v) is 4.34. The Kier molecular flexibility index (Phi) is 2.90. The van der Waals surface area contributed by atoms with Crippen molar-refractivity contribution in [1.29, 1.82) is 0 Å². The molecule has 0 atom stereocenters. The van der Waals surface area contributed by atoms with E-state index in [9.17, 15) is 0 Å². The molecule has 1 N–H and O–H groups in total. The predicted molar refractivity (Wildman–Crippen MR) is 47.8 cm³/mol. The van der Waals surface area contributed by atoms with E-state index in [0.29, 0.717) is 6.04 Å². The average Bonchev–Trinajstić information content (AvgIpc) is 1.85. The zero-order valence-corrected chi connectivity index (χ0v) is 7.85. The normalized spacial score (nSPS) is 22.1. The van der Waals surface area contributed by atoms with E-state index in [1.807, 2.05) is 0 Å². The summed E-state index contributed by atoms with van der Waals surface area (Å²) in [6.07, 6.45) is 2.44. The van der Waals surface area contributed by atoms with E-state index in [4.69, 9.17) is 0 Å². The molecule has 0 aromatic rings. The van der Waals surface area contributed by atoms with Crippen molar-refractivity contribution in [3.05, 3.63) is 0 Å². The van der Waals surface area contributed by atoms with Gasteiger partial charge >= 0.3 is 0 Å². The first kappa shape index (κ1) is 9.01. The summed E-state index contributed by atoms with van der Waals surface area (Å²) < 4.78 is 0. The Hall–Kier alpha value is -0.0800. The fourth-order valence-corrected chi connectivity index (χ4v) is 1.51. The molecule has 2 nitrogen and oxygen atoms in total. The van der Waals surface area contributed by atoms with Crippen LogP contribution in [0.1, 0.15) is 33.6 Å². The first-order chi connectivity index (χ1) is 5.08. The van der Waals surface area contributed by atoms with Crippen LogP contribution in [0.25, 0.3) is 0 Å². The van der Waals surface area contributed by atoms with E-state index in [1.165, 1.54) is 12.8 Å². The van der Waals surface area contributed by atoms with Crippen LogP contribution in [0.3, 0.4) is 0 Å². The van der Waals surface area contributed by atoms with Crippen molar-refractivity contribution in [2.24, 2.45) is 0 Å². The van der Waals surface area contributed by atoms with Crippen LogP contribution < -0.4 is 10.6 Å². The maximum Gasteiger partial charge on any atom is 0.0148 e. The molecular weight excluding hydrogens is 136 g/mol. The van der Waals surface area contributed by atoms with Gasteiger partial charge in [-0.05, 0) is 33.6 Å². The van der Waals surface area contributed by atoms with Crippen LogP contribution in [0.2, 0.25) is 0 Å². The zero-order chi connectivity index (χ0) is 8.32. The lowest BCUT2D eigenvalue weighted by molar-refractivity contribution is 0.302. The quantitative estimate of drug-likeness (QED) is 0.604. The molecule has 2 heteroatoms. The first-order valence-corrected chi connectivity index (χ1v) is 4.49. The summed E-state index contributed by atoms with van der Waals surface area (Å²) in [6.45, 7) is 8.76. The lowest BCUT2D eigenvalue weighted by Crippen LogP contribution is -2.47. The van der Waals surface area contributed by atoms with Gasteiger partial charge in [0.15, 0.2) is 0 Å². The van der Waals surface area contributed by atoms with Crippen LogP contribution in [-0.4, -0.2) is 24.7 Å². The lowest BCUT2D eigenvalue weighted by Gasteiger charge is -2.30. The molecule has 1 aliphatic heterocycles. The van der Waals surface area contributed by atoms with Gasteiger partial charge in [0.1, 0.15) is 0 Å². The number of hydrogen-bond acceptors (Lipinski definition) is 1. The number of nitrogens with one attached hydrogen (secondary N) is 1. The summed E-state index contributed by atoms with van der Waals surface area (Å²) in [6, 6.07) is 0.701. The predicted octanol–water partition coefficient (Wildman–Crippen LogP) is 1.14. The lowest BCUT2D eigenvalue weighted by atomic mass is 10.0. The number of nitrogens with zero attached hydrogens (tertiary/aromatic N) is 1. The molecule has 65 valence electrons. The van der Waals surface area contributed by atoms with E-state index in [1.54, 1.807) is 0 Å². The summed E-state index contributed by atoms with van der Waals surface area (Å²) >= 11 is 0. The molecule has 1 radical (unpaired) electrons. The highest BCUT2D eigenvalue weighted by atomic mass is 15.0. The van der Waals surface area contributed by atoms with Gasteiger partial charge in [0.25, 0.3) is 0 Å². The molecule has 1 fully saturated rings. The van der Waals surface area contributed by atoms with Crippen LogP contribution in [0.5, 0.6) is 0 Å². The molecule has 1 aliphatic rings. The molecule has 0 aliphatic carbocycles. The Morgan fingerprint density at radius 3 is 2.18 bits per heavy atom. The number of piperidine rings is 1. The summed E-state index contributed by atoms with van der Waals surface area (Å²) in [4.78, 5) is 0. The first-order valence-electron chi connectivity index (χ1n) is 4.49. The molecule has 11 heavy (non-hydrogen) atoms. The van der Waals surface area contributed by atoms with Gasteiger partial charge in [-0.1, -0.05) is 0 Å². The van der Waals surface area contributed by atoms with Crippen molar-refractivity contribution in [1.82, 2.24) is 10.6 Å². The van der Waals surface area contributed by atoms with E-state index in [2.05, 4.69) is 31.4 Å². The third-order valence-electron chi connectivity index (χ3n) is 1.91. The molecule has 1 rings (SSSR count).